The minimum Gasteiger partial charge on any atom is -0.294 e. The summed E-state index contributed by atoms with van der Waals surface area (Å²) in [5, 5.41) is 1.99. The number of thiophene rings is 1. The van der Waals surface area contributed by atoms with Crippen molar-refractivity contribution in [1.29, 1.82) is 0 Å². The number of carbonyl (C=O) groups excluding carboxylic acids is 1. The van der Waals surface area contributed by atoms with Crippen molar-refractivity contribution in [3.05, 3.63) is 89.2 Å². The van der Waals surface area contributed by atoms with E-state index >= 15 is 0 Å². The van der Waals surface area contributed by atoms with Gasteiger partial charge < -0.3 is 0 Å². The maximum atomic E-state index is 13.3. The molecule has 3 aromatic rings. The van der Waals surface area contributed by atoms with Crippen LogP contribution < -0.4 is 14.9 Å². The molecule has 3 heterocycles. The number of carbonyl (C=O) groups is 1. The normalized spacial score (nSPS) is 19.6. The molecule has 4 nitrogen and oxygen atoms in total. The average Bonchev–Trinajstić information content (AvgIpc) is 3.30. The predicted molar refractivity (Wildman–Crippen MR) is 108 cm³/mol. The van der Waals surface area contributed by atoms with Crippen LogP contribution in [0.5, 0.6) is 0 Å². The third-order valence-corrected chi connectivity index (χ3v) is 6.76. The molecule has 1 atom stereocenters. The van der Waals surface area contributed by atoms with E-state index < -0.39 is 0 Å². The number of allylic oxidation sites excluding steroid dienone is 2. The Labute approximate surface area is 163 Å². The summed E-state index contributed by atoms with van der Waals surface area (Å²) in [5.41, 5.74) is 2.43. The van der Waals surface area contributed by atoms with E-state index in [1.807, 2.05) is 53.9 Å². The van der Waals surface area contributed by atoms with Gasteiger partial charge in [-0.05, 0) is 35.9 Å². The molecule has 0 N–H and O–H groups in total. The lowest BCUT2D eigenvalue weighted by Gasteiger charge is -2.28. The molecule has 134 valence electrons. The fourth-order valence-corrected chi connectivity index (χ4v) is 5.51. The third-order valence-electron chi connectivity index (χ3n) is 4.96. The van der Waals surface area contributed by atoms with Crippen LogP contribution in [-0.4, -0.2) is 10.4 Å². The zero-order chi connectivity index (χ0) is 18.4. The highest BCUT2D eigenvalue weighted by molar-refractivity contribution is 7.11. The van der Waals surface area contributed by atoms with Gasteiger partial charge in [0.05, 0.1) is 16.3 Å². The van der Waals surface area contributed by atoms with Crippen molar-refractivity contribution >= 4 is 34.5 Å². The zero-order valence-corrected chi connectivity index (χ0v) is 16.1. The van der Waals surface area contributed by atoms with Crippen molar-refractivity contribution in [3.8, 4) is 0 Å². The van der Waals surface area contributed by atoms with Gasteiger partial charge in [0.1, 0.15) is 0 Å². The van der Waals surface area contributed by atoms with Crippen LogP contribution in [0.1, 0.15) is 35.7 Å². The van der Waals surface area contributed by atoms with Crippen LogP contribution in [0.2, 0.25) is 0 Å². The first-order chi connectivity index (χ1) is 13.2. The molecule has 1 aliphatic carbocycles. The summed E-state index contributed by atoms with van der Waals surface area (Å²) in [4.78, 5) is 32.5. The Balaban J connectivity index is 1.80. The van der Waals surface area contributed by atoms with Crippen LogP contribution in [0.3, 0.4) is 0 Å². The molecule has 0 saturated carbocycles. The molecule has 27 heavy (non-hydrogen) atoms. The molecule has 5 rings (SSSR count). The smallest absolute Gasteiger partial charge is 0.271 e. The van der Waals surface area contributed by atoms with Gasteiger partial charge >= 0.3 is 0 Å². The number of rotatable bonds is 2. The second-order valence-corrected chi connectivity index (χ2v) is 8.63. The second-order valence-electron chi connectivity index (χ2n) is 6.65. The van der Waals surface area contributed by atoms with E-state index in [0.29, 0.717) is 21.3 Å². The monoisotopic (exact) mass is 392 g/mol. The molecule has 1 unspecified atom stereocenters. The van der Waals surface area contributed by atoms with E-state index in [4.69, 9.17) is 4.99 Å². The van der Waals surface area contributed by atoms with Crippen molar-refractivity contribution in [3.63, 3.8) is 0 Å². The van der Waals surface area contributed by atoms with Gasteiger partial charge in [0.15, 0.2) is 10.6 Å². The van der Waals surface area contributed by atoms with Crippen LogP contribution in [0, 0.1) is 0 Å². The van der Waals surface area contributed by atoms with E-state index in [1.165, 1.54) is 11.3 Å². The van der Waals surface area contributed by atoms with Crippen molar-refractivity contribution in [2.24, 2.45) is 4.99 Å². The first-order valence-electron chi connectivity index (χ1n) is 8.89. The van der Waals surface area contributed by atoms with Gasteiger partial charge in [-0.25, -0.2) is 4.99 Å². The minimum atomic E-state index is -0.379. The van der Waals surface area contributed by atoms with E-state index in [1.54, 1.807) is 15.9 Å². The molecule has 1 aliphatic heterocycles. The molecule has 0 bridgehead atoms. The highest BCUT2D eigenvalue weighted by atomic mass is 32.1. The first-order valence-corrected chi connectivity index (χ1v) is 10.6. The Kier molecular flexibility index (Phi) is 4.02. The average molecular weight is 393 g/mol. The minimum absolute atomic E-state index is 0.0778. The van der Waals surface area contributed by atoms with Crippen LogP contribution in [-0.2, 0) is 4.79 Å². The molecule has 6 heteroatoms. The number of Topliss-reactive ketones (excluding diaryl/α,β-unsaturated/α-hetero) is 1. The van der Waals surface area contributed by atoms with Crippen LogP contribution in [0.4, 0.5) is 0 Å². The number of benzene rings is 1. The number of hydrogen-bond donors (Lipinski definition) is 0. The number of hydrogen-bond acceptors (Lipinski definition) is 5. The molecular weight excluding hydrogens is 376 g/mol. The highest BCUT2D eigenvalue weighted by Gasteiger charge is 2.34. The third kappa shape index (κ3) is 2.76. The topological polar surface area (TPSA) is 51.4 Å². The summed E-state index contributed by atoms with van der Waals surface area (Å²) in [6, 6.07) is 13.4. The van der Waals surface area contributed by atoms with Crippen molar-refractivity contribution < 1.29 is 4.79 Å². The summed E-state index contributed by atoms with van der Waals surface area (Å²) in [7, 11) is 0. The lowest BCUT2D eigenvalue weighted by Crippen LogP contribution is -2.40. The Morgan fingerprint density at radius 2 is 1.93 bits per heavy atom. The van der Waals surface area contributed by atoms with E-state index in [9.17, 15) is 9.59 Å². The Morgan fingerprint density at radius 1 is 1.07 bits per heavy atom. The number of fused-ring (bicyclic) bond motifs is 1. The quantitative estimate of drug-likeness (QED) is 0.673. The molecule has 0 spiro atoms. The summed E-state index contributed by atoms with van der Waals surface area (Å²) < 4.78 is 2.37. The zero-order valence-electron chi connectivity index (χ0n) is 14.4. The first kappa shape index (κ1) is 16.6. The van der Waals surface area contributed by atoms with Crippen molar-refractivity contribution in [2.45, 2.75) is 25.3 Å². The molecule has 0 fully saturated rings. The molecule has 0 amide bonds. The van der Waals surface area contributed by atoms with E-state index in [-0.39, 0.29) is 17.4 Å². The lowest BCUT2D eigenvalue weighted by atomic mass is 9.86. The van der Waals surface area contributed by atoms with Crippen molar-refractivity contribution in [2.75, 3.05) is 0 Å². The van der Waals surface area contributed by atoms with E-state index in [2.05, 4.69) is 0 Å². The van der Waals surface area contributed by atoms with E-state index in [0.717, 1.165) is 29.0 Å². The van der Waals surface area contributed by atoms with Crippen LogP contribution in [0.15, 0.2) is 68.9 Å². The maximum absolute atomic E-state index is 13.3. The highest BCUT2D eigenvalue weighted by Crippen LogP contribution is 2.35. The summed E-state index contributed by atoms with van der Waals surface area (Å²) in [5.74, 6) is 0.112. The van der Waals surface area contributed by atoms with Gasteiger partial charge in [-0.1, -0.05) is 47.7 Å². The predicted octanol–water partition coefficient (Wildman–Crippen LogP) is 3.03. The summed E-state index contributed by atoms with van der Waals surface area (Å²) in [6.07, 6.45) is 4.06. The largest absolute Gasteiger partial charge is 0.294 e. The second kappa shape index (κ2) is 6.55. The fourth-order valence-electron chi connectivity index (χ4n) is 3.76. The SMILES string of the molecule is O=C1CCCC2=C1C(c1ccccc1)n1c(sc(=Cc3cccs3)c1=O)=N2. The Bertz CT molecular complexity index is 1230. The maximum Gasteiger partial charge on any atom is 0.271 e. The summed E-state index contributed by atoms with van der Waals surface area (Å²) in [6.45, 7) is 0. The standard InChI is InChI=1S/C21H16N2O2S2/c24-16-10-4-9-15-18(16)19(13-6-2-1-3-7-13)23-20(25)17(27-21(23)22-15)12-14-8-5-11-26-14/h1-3,5-8,11-12,19H,4,9-10H2. The van der Waals surface area contributed by atoms with Gasteiger partial charge in [0, 0.05) is 16.9 Å². The van der Waals surface area contributed by atoms with Crippen LogP contribution in [0.25, 0.3) is 6.08 Å². The van der Waals surface area contributed by atoms with Crippen LogP contribution >= 0.6 is 22.7 Å². The van der Waals surface area contributed by atoms with Gasteiger partial charge in [-0.2, -0.15) is 0 Å². The number of nitrogens with zero attached hydrogens (tertiary/aromatic N) is 2. The van der Waals surface area contributed by atoms with Gasteiger partial charge in [-0.3, -0.25) is 14.2 Å². The number of aromatic nitrogens is 1. The van der Waals surface area contributed by atoms with Gasteiger partial charge in [-0.15, -0.1) is 11.3 Å². The molecule has 2 aromatic heterocycles. The molecule has 0 saturated heterocycles. The Hall–Kier alpha value is -2.57. The lowest BCUT2D eigenvalue weighted by molar-refractivity contribution is -0.116. The molecular formula is C21H16N2O2S2. The number of thiazole rings is 1. The Morgan fingerprint density at radius 3 is 2.70 bits per heavy atom. The summed E-state index contributed by atoms with van der Waals surface area (Å²) >= 11 is 3.00. The van der Waals surface area contributed by atoms with Gasteiger partial charge in [0.25, 0.3) is 5.56 Å². The number of ketones is 1. The molecule has 2 aliphatic rings. The van der Waals surface area contributed by atoms with Crippen molar-refractivity contribution in [1.82, 2.24) is 4.57 Å². The molecule has 0 radical (unpaired) electrons. The molecule has 1 aromatic carbocycles. The fraction of sp³-hybridized carbons (Fsp3) is 0.190. The van der Waals surface area contributed by atoms with Gasteiger partial charge in [0.2, 0.25) is 0 Å².